The lowest BCUT2D eigenvalue weighted by Gasteiger charge is -2.18. The molecular formula is C11H12N2O2S. The number of nitrogens with one attached hydrogen (secondary N) is 1. The molecule has 0 radical (unpaired) electrons. The minimum Gasteiger partial charge on any atom is -0.345 e. The topological polar surface area (TPSA) is 49.4 Å². The maximum atomic E-state index is 11.7. The summed E-state index contributed by atoms with van der Waals surface area (Å²) in [4.78, 5) is 25.5. The Morgan fingerprint density at radius 3 is 2.88 bits per heavy atom. The van der Waals surface area contributed by atoms with Gasteiger partial charge in [0.15, 0.2) is 0 Å². The van der Waals surface area contributed by atoms with Crippen LogP contribution >= 0.6 is 11.8 Å². The minimum absolute atomic E-state index is 0.0213. The molecule has 84 valence electrons. The van der Waals surface area contributed by atoms with Crippen LogP contribution in [0.3, 0.4) is 0 Å². The molecule has 4 nitrogen and oxygen atoms in total. The van der Waals surface area contributed by atoms with Gasteiger partial charge in [0.25, 0.3) is 5.91 Å². The molecular weight excluding hydrogens is 224 g/mol. The van der Waals surface area contributed by atoms with E-state index in [0.29, 0.717) is 11.3 Å². The molecule has 5 heteroatoms. The van der Waals surface area contributed by atoms with Gasteiger partial charge >= 0.3 is 0 Å². The summed E-state index contributed by atoms with van der Waals surface area (Å²) in [5.41, 5.74) is 1.32. The predicted molar refractivity (Wildman–Crippen MR) is 63.8 cm³/mol. The van der Waals surface area contributed by atoms with Crippen LogP contribution in [0, 0.1) is 0 Å². The molecule has 0 aliphatic carbocycles. The third kappa shape index (κ3) is 2.04. The molecule has 0 aromatic heterocycles. The van der Waals surface area contributed by atoms with E-state index in [1.54, 1.807) is 26.2 Å². The SMILES string of the molecule is CN(C)C(=O)c1ccc2c(c1)NC(=O)CS2. The summed E-state index contributed by atoms with van der Waals surface area (Å²) in [7, 11) is 3.41. The highest BCUT2D eigenvalue weighted by molar-refractivity contribution is 8.00. The largest absolute Gasteiger partial charge is 0.345 e. The van der Waals surface area contributed by atoms with Crippen molar-refractivity contribution in [1.82, 2.24) is 4.90 Å². The van der Waals surface area contributed by atoms with Crippen LogP contribution in [-0.4, -0.2) is 36.6 Å². The number of anilines is 1. The summed E-state index contributed by atoms with van der Waals surface area (Å²) >= 11 is 1.49. The molecule has 1 N–H and O–H groups in total. The molecule has 0 saturated heterocycles. The van der Waals surface area contributed by atoms with Crippen LogP contribution in [0.2, 0.25) is 0 Å². The fourth-order valence-electron chi connectivity index (χ4n) is 1.47. The zero-order valence-electron chi connectivity index (χ0n) is 9.11. The molecule has 1 aliphatic heterocycles. The summed E-state index contributed by atoms with van der Waals surface area (Å²) < 4.78 is 0. The van der Waals surface area contributed by atoms with Crippen molar-refractivity contribution in [3.63, 3.8) is 0 Å². The van der Waals surface area contributed by atoms with Gasteiger partial charge in [-0.15, -0.1) is 11.8 Å². The summed E-state index contributed by atoms with van der Waals surface area (Å²) in [5, 5.41) is 2.76. The zero-order chi connectivity index (χ0) is 11.7. The normalized spacial score (nSPS) is 14.0. The first-order valence-corrected chi connectivity index (χ1v) is 5.85. The Balaban J connectivity index is 2.35. The van der Waals surface area contributed by atoms with Crippen molar-refractivity contribution in [2.45, 2.75) is 4.90 Å². The fraction of sp³-hybridized carbons (Fsp3) is 0.273. The number of fused-ring (bicyclic) bond motifs is 1. The van der Waals surface area contributed by atoms with E-state index in [-0.39, 0.29) is 11.8 Å². The number of benzene rings is 1. The third-order valence-electron chi connectivity index (χ3n) is 2.27. The van der Waals surface area contributed by atoms with Gasteiger partial charge in [0.05, 0.1) is 11.4 Å². The van der Waals surface area contributed by atoms with Crippen LogP contribution < -0.4 is 5.32 Å². The van der Waals surface area contributed by atoms with Gasteiger partial charge in [-0.2, -0.15) is 0 Å². The fourth-order valence-corrected chi connectivity index (χ4v) is 2.26. The second-order valence-electron chi connectivity index (χ2n) is 3.75. The van der Waals surface area contributed by atoms with E-state index in [0.717, 1.165) is 10.6 Å². The van der Waals surface area contributed by atoms with Crippen molar-refractivity contribution in [1.29, 1.82) is 0 Å². The highest BCUT2D eigenvalue weighted by atomic mass is 32.2. The number of hydrogen-bond acceptors (Lipinski definition) is 3. The monoisotopic (exact) mass is 236 g/mol. The molecule has 0 saturated carbocycles. The minimum atomic E-state index is -0.0624. The average Bonchev–Trinajstić information content (AvgIpc) is 2.26. The second kappa shape index (κ2) is 4.17. The smallest absolute Gasteiger partial charge is 0.253 e. The van der Waals surface area contributed by atoms with E-state index in [9.17, 15) is 9.59 Å². The first kappa shape index (κ1) is 11.0. The highest BCUT2D eigenvalue weighted by Crippen LogP contribution is 2.32. The van der Waals surface area contributed by atoms with Gasteiger partial charge in [-0.05, 0) is 18.2 Å². The first-order chi connectivity index (χ1) is 7.58. The number of nitrogens with zero attached hydrogens (tertiary/aromatic N) is 1. The molecule has 1 heterocycles. The highest BCUT2D eigenvalue weighted by Gasteiger charge is 2.17. The Morgan fingerprint density at radius 2 is 2.19 bits per heavy atom. The Bertz CT molecular complexity index is 457. The lowest BCUT2D eigenvalue weighted by Crippen LogP contribution is -2.23. The number of thioether (sulfide) groups is 1. The van der Waals surface area contributed by atoms with Crippen molar-refractivity contribution in [3.05, 3.63) is 23.8 Å². The molecule has 0 bridgehead atoms. The Morgan fingerprint density at radius 1 is 1.44 bits per heavy atom. The molecule has 1 aromatic carbocycles. The predicted octanol–water partition coefficient (Wildman–Crippen LogP) is 1.43. The molecule has 2 rings (SSSR count). The van der Waals surface area contributed by atoms with Gasteiger partial charge in [-0.1, -0.05) is 0 Å². The number of carbonyl (C=O) groups is 2. The van der Waals surface area contributed by atoms with Crippen molar-refractivity contribution in [3.8, 4) is 0 Å². The van der Waals surface area contributed by atoms with E-state index >= 15 is 0 Å². The summed E-state index contributed by atoms with van der Waals surface area (Å²) in [6.07, 6.45) is 0. The summed E-state index contributed by atoms with van der Waals surface area (Å²) in [5.74, 6) is 0.355. The molecule has 1 aromatic rings. The van der Waals surface area contributed by atoms with E-state index in [1.165, 1.54) is 16.7 Å². The average molecular weight is 236 g/mol. The maximum absolute atomic E-state index is 11.7. The Labute approximate surface area is 98.0 Å². The van der Waals surface area contributed by atoms with Gasteiger partial charge in [0.2, 0.25) is 5.91 Å². The molecule has 1 aliphatic rings. The van der Waals surface area contributed by atoms with Gasteiger partial charge in [-0.25, -0.2) is 0 Å². The van der Waals surface area contributed by atoms with E-state index in [1.807, 2.05) is 6.07 Å². The number of rotatable bonds is 1. The van der Waals surface area contributed by atoms with Crippen molar-refractivity contribution < 1.29 is 9.59 Å². The van der Waals surface area contributed by atoms with Crippen molar-refractivity contribution in [2.24, 2.45) is 0 Å². The van der Waals surface area contributed by atoms with Crippen LogP contribution in [0.4, 0.5) is 5.69 Å². The molecule has 16 heavy (non-hydrogen) atoms. The lowest BCUT2D eigenvalue weighted by molar-refractivity contribution is -0.113. The molecule has 0 unspecified atom stereocenters. The Kier molecular flexibility index (Phi) is 2.87. The van der Waals surface area contributed by atoms with Crippen LogP contribution in [-0.2, 0) is 4.79 Å². The van der Waals surface area contributed by atoms with Crippen molar-refractivity contribution in [2.75, 3.05) is 25.2 Å². The van der Waals surface area contributed by atoms with Crippen molar-refractivity contribution >= 4 is 29.3 Å². The zero-order valence-corrected chi connectivity index (χ0v) is 9.93. The lowest BCUT2D eigenvalue weighted by atomic mass is 10.1. The molecule has 2 amide bonds. The van der Waals surface area contributed by atoms with Gasteiger partial charge in [-0.3, -0.25) is 9.59 Å². The standard InChI is InChI=1S/C11H12N2O2S/c1-13(2)11(15)7-3-4-9-8(5-7)12-10(14)6-16-9/h3-5H,6H2,1-2H3,(H,12,14). The summed E-state index contributed by atoms with van der Waals surface area (Å²) in [6.45, 7) is 0. The molecule has 0 spiro atoms. The first-order valence-electron chi connectivity index (χ1n) is 4.86. The van der Waals surface area contributed by atoms with Gasteiger partial charge < -0.3 is 10.2 Å². The number of carbonyl (C=O) groups excluding carboxylic acids is 2. The third-order valence-corrected chi connectivity index (χ3v) is 3.34. The van der Waals surface area contributed by atoms with Gasteiger partial charge in [0.1, 0.15) is 0 Å². The molecule has 0 atom stereocenters. The van der Waals surface area contributed by atoms with Crippen LogP contribution in [0.25, 0.3) is 0 Å². The number of hydrogen-bond donors (Lipinski definition) is 1. The molecule has 0 fully saturated rings. The second-order valence-corrected chi connectivity index (χ2v) is 4.76. The van der Waals surface area contributed by atoms with E-state index in [4.69, 9.17) is 0 Å². The van der Waals surface area contributed by atoms with Gasteiger partial charge in [0, 0.05) is 24.6 Å². The van der Waals surface area contributed by atoms with E-state index in [2.05, 4.69) is 5.32 Å². The quantitative estimate of drug-likeness (QED) is 0.802. The maximum Gasteiger partial charge on any atom is 0.253 e. The van der Waals surface area contributed by atoms with Crippen LogP contribution in [0.15, 0.2) is 23.1 Å². The van der Waals surface area contributed by atoms with E-state index < -0.39 is 0 Å². The summed E-state index contributed by atoms with van der Waals surface area (Å²) in [6, 6.07) is 5.38. The number of amides is 2. The van der Waals surface area contributed by atoms with Crippen LogP contribution in [0.1, 0.15) is 10.4 Å². The Hall–Kier alpha value is -1.49. The van der Waals surface area contributed by atoms with Crippen LogP contribution in [0.5, 0.6) is 0 Å².